The molecule has 2 aliphatic rings. The van der Waals surface area contributed by atoms with Crippen LogP contribution in [0.4, 0.5) is 4.79 Å². The first-order valence-corrected chi connectivity index (χ1v) is 13.1. The molecule has 1 amide bonds. The Morgan fingerprint density at radius 3 is 2.11 bits per heavy atom. The highest BCUT2D eigenvalue weighted by atomic mass is 16.7. The number of amides is 1. The van der Waals surface area contributed by atoms with Crippen molar-refractivity contribution in [3.8, 4) is 11.1 Å². The first kappa shape index (κ1) is 26.2. The minimum absolute atomic E-state index is 0.00698. The zero-order valence-electron chi connectivity index (χ0n) is 23.0. The van der Waals surface area contributed by atoms with Gasteiger partial charge in [-0.3, -0.25) is 4.98 Å². The molecule has 0 atom stereocenters. The summed E-state index contributed by atoms with van der Waals surface area (Å²) in [5.41, 5.74) is 7.37. The van der Waals surface area contributed by atoms with E-state index in [1.165, 1.54) is 22.3 Å². The van der Waals surface area contributed by atoms with Crippen molar-refractivity contribution >= 4 is 19.3 Å². The molecule has 5 rings (SSSR count). The summed E-state index contributed by atoms with van der Waals surface area (Å²) in [6, 6.07) is 20.6. The van der Waals surface area contributed by atoms with Gasteiger partial charge in [0.1, 0.15) is 6.61 Å². The zero-order chi connectivity index (χ0) is 27.1. The third-order valence-corrected chi connectivity index (χ3v) is 7.94. The van der Waals surface area contributed by atoms with Gasteiger partial charge < -0.3 is 19.4 Å². The Morgan fingerprint density at radius 1 is 0.947 bits per heavy atom. The molecule has 6 nitrogen and oxygen atoms in total. The van der Waals surface area contributed by atoms with E-state index >= 15 is 0 Å². The number of carbonyl (C=O) groups excluding carboxylic acids is 1. The van der Waals surface area contributed by atoms with Crippen molar-refractivity contribution in [2.75, 3.05) is 13.2 Å². The molecule has 1 saturated heterocycles. The topological polar surface area (TPSA) is 69.7 Å². The van der Waals surface area contributed by atoms with Crippen LogP contribution in [0.25, 0.3) is 17.2 Å². The molecular weight excluding hydrogens is 475 g/mol. The quantitative estimate of drug-likeness (QED) is 0.397. The van der Waals surface area contributed by atoms with E-state index in [9.17, 15) is 4.79 Å². The molecule has 1 aliphatic heterocycles. The predicted molar refractivity (Wildman–Crippen MR) is 151 cm³/mol. The number of aromatic nitrogens is 1. The van der Waals surface area contributed by atoms with Crippen LogP contribution < -0.4 is 5.32 Å². The van der Waals surface area contributed by atoms with Gasteiger partial charge in [-0.15, -0.1) is 0 Å². The first-order chi connectivity index (χ1) is 18.1. The summed E-state index contributed by atoms with van der Waals surface area (Å²) >= 11 is 0. The summed E-state index contributed by atoms with van der Waals surface area (Å²) in [5.74, 6) is 0.00698. The minimum atomic E-state index is -0.602. The second-order valence-corrected chi connectivity index (χ2v) is 11.1. The molecule has 1 aromatic heterocycles. The number of nitrogens with one attached hydrogen (secondary N) is 1. The Hall–Kier alpha value is -3.42. The molecule has 2 aromatic carbocycles. The van der Waals surface area contributed by atoms with Gasteiger partial charge in [0.15, 0.2) is 0 Å². The van der Waals surface area contributed by atoms with E-state index in [2.05, 4.69) is 34.6 Å². The van der Waals surface area contributed by atoms with Crippen molar-refractivity contribution in [3.05, 3.63) is 94.2 Å². The molecule has 1 fully saturated rings. The van der Waals surface area contributed by atoms with Crippen LogP contribution >= 0.6 is 0 Å². The highest BCUT2D eigenvalue weighted by Crippen LogP contribution is 2.44. The van der Waals surface area contributed by atoms with Crippen LogP contribution in [-0.4, -0.2) is 42.5 Å². The van der Waals surface area contributed by atoms with E-state index < -0.39 is 24.4 Å². The Bertz CT molecular complexity index is 1340. The van der Waals surface area contributed by atoms with Crippen molar-refractivity contribution in [3.63, 3.8) is 0 Å². The third kappa shape index (κ3) is 5.01. The lowest BCUT2D eigenvalue weighted by Gasteiger charge is -2.32. The number of rotatable bonds is 6. The molecule has 0 saturated carbocycles. The number of ether oxygens (including phenoxy) is 1. The normalized spacial score (nSPS) is 17.7. The molecule has 7 heteroatoms. The average Bonchev–Trinajstić information content (AvgIpc) is 3.30. The molecule has 1 aliphatic carbocycles. The molecule has 0 bridgehead atoms. The van der Waals surface area contributed by atoms with Gasteiger partial charge in [-0.25, -0.2) is 4.79 Å². The maximum atomic E-state index is 12.9. The molecule has 0 unspecified atom stereocenters. The molecule has 0 radical (unpaired) electrons. The number of fused-ring (bicyclic) bond motifs is 3. The SMILES string of the molecule is Cc1ccc(C=C(CNC(=O)OCC2c3ccccc3-c3ccccc32)B2OC(C)(C)C(C)(C)O2)c(C)n1. The van der Waals surface area contributed by atoms with Crippen molar-refractivity contribution in [1.29, 1.82) is 0 Å². The lowest BCUT2D eigenvalue weighted by Crippen LogP contribution is -2.41. The van der Waals surface area contributed by atoms with Crippen LogP contribution in [0, 0.1) is 13.8 Å². The molecule has 1 N–H and O–H groups in total. The fraction of sp³-hybridized carbons (Fsp3) is 0.355. The molecule has 196 valence electrons. The summed E-state index contributed by atoms with van der Waals surface area (Å²) in [5, 5.41) is 2.93. The van der Waals surface area contributed by atoms with Crippen LogP contribution in [-0.2, 0) is 14.0 Å². The number of nitrogens with zero attached hydrogens (tertiary/aromatic N) is 1. The predicted octanol–water partition coefficient (Wildman–Crippen LogP) is 6.25. The van der Waals surface area contributed by atoms with Crippen LogP contribution in [0.15, 0.2) is 66.1 Å². The van der Waals surface area contributed by atoms with E-state index in [-0.39, 0.29) is 19.1 Å². The second-order valence-electron chi connectivity index (χ2n) is 11.1. The van der Waals surface area contributed by atoms with Gasteiger partial charge >= 0.3 is 13.2 Å². The third-order valence-electron chi connectivity index (χ3n) is 7.94. The maximum Gasteiger partial charge on any atom is 0.492 e. The van der Waals surface area contributed by atoms with Gasteiger partial charge in [-0.2, -0.15) is 0 Å². The second kappa shape index (κ2) is 10.0. The fourth-order valence-corrected chi connectivity index (χ4v) is 5.07. The summed E-state index contributed by atoms with van der Waals surface area (Å²) < 4.78 is 18.4. The molecular formula is C31H35BN2O4. The Morgan fingerprint density at radius 2 is 1.53 bits per heavy atom. The van der Waals surface area contributed by atoms with E-state index in [4.69, 9.17) is 14.0 Å². The van der Waals surface area contributed by atoms with Crippen LogP contribution in [0.1, 0.15) is 61.7 Å². The number of alkyl carbamates (subject to hydrolysis) is 1. The molecule has 3 aromatic rings. The Balaban J connectivity index is 1.31. The maximum absolute atomic E-state index is 12.9. The lowest BCUT2D eigenvalue weighted by atomic mass is 9.77. The minimum Gasteiger partial charge on any atom is -0.449 e. The number of hydrogen-bond donors (Lipinski definition) is 1. The van der Waals surface area contributed by atoms with Crippen LogP contribution in [0.3, 0.4) is 0 Å². The Kier molecular flexibility index (Phi) is 6.93. The van der Waals surface area contributed by atoms with Crippen molar-refractivity contribution in [1.82, 2.24) is 10.3 Å². The Labute approximate surface area is 225 Å². The number of pyridine rings is 1. The summed E-state index contributed by atoms with van der Waals surface area (Å²) in [4.78, 5) is 17.5. The van der Waals surface area contributed by atoms with Gasteiger partial charge in [0.2, 0.25) is 0 Å². The lowest BCUT2D eigenvalue weighted by molar-refractivity contribution is 0.00578. The number of carbonyl (C=O) groups is 1. The van der Waals surface area contributed by atoms with Gasteiger partial charge in [0.05, 0.1) is 11.2 Å². The van der Waals surface area contributed by atoms with E-state index in [1.807, 2.05) is 84.0 Å². The average molecular weight is 510 g/mol. The summed E-state index contributed by atoms with van der Waals surface area (Å²) in [6.07, 6.45) is 1.52. The van der Waals surface area contributed by atoms with Gasteiger partial charge in [0, 0.05) is 23.9 Å². The largest absolute Gasteiger partial charge is 0.492 e. The van der Waals surface area contributed by atoms with Crippen LogP contribution in [0.5, 0.6) is 0 Å². The number of aryl methyl sites for hydroxylation is 2. The molecule has 2 heterocycles. The van der Waals surface area contributed by atoms with Crippen molar-refractivity contribution < 1.29 is 18.8 Å². The van der Waals surface area contributed by atoms with Gasteiger partial charge in [0.25, 0.3) is 0 Å². The smallest absolute Gasteiger partial charge is 0.449 e. The fourth-order valence-electron chi connectivity index (χ4n) is 5.07. The highest BCUT2D eigenvalue weighted by molar-refractivity contribution is 6.56. The summed E-state index contributed by atoms with van der Waals surface area (Å²) in [7, 11) is -0.602. The van der Waals surface area contributed by atoms with Gasteiger partial charge in [-0.1, -0.05) is 60.7 Å². The van der Waals surface area contributed by atoms with Crippen molar-refractivity contribution in [2.45, 2.75) is 58.7 Å². The molecule has 38 heavy (non-hydrogen) atoms. The van der Waals surface area contributed by atoms with Crippen LogP contribution in [0.2, 0.25) is 0 Å². The monoisotopic (exact) mass is 510 g/mol. The van der Waals surface area contributed by atoms with E-state index in [0.29, 0.717) is 0 Å². The number of hydrogen-bond acceptors (Lipinski definition) is 5. The first-order valence-electron chi connectivity index (χ1n) is 13.1. The highest BCUT2D eigenvalue weighted by Gasteiger charge is 2.52. The molecule has 0 spiro atoms. The standard InChI is InChI=1S/C31H35BN2O4/c1-20-15-16-22(21(2)34-20)17-23(32-37-30(3,4)31(5,6)38-32)18-33-29(35)36-19-28-26-13-9-7-11-24(26)25-12-8-10-14-27(25)28/h7-17,28H,18-19H2,1-6H3,(H,33,35). The zero-order valence-corrected chi connectivity index (χ0v) is 23.0. The number of benzene rings is 2. The van der Waals surface area contributed by atoms with Gasteiger partial charge in [-0.05, 0) is 80.9 Å². The van der Waals surface area contributed by atoms with Crippen molar-refractivity contribution in [2.24, 2.45) is 0 Å². The van der Waals surface area contributed by atoms with E-state index in [1.54, 1.807) is 0 Å². The van der Waals surface area contributed by atoms with E-state index in [0.717, 1.165) is 22.4 Å². The summed E-state index contributed by atoms with van der Waals surface area (Å²) in [6.45, 7) is 12.5.